The van der Waals surface area contributed by atoms with Crippen molar-refractivity contribution in [2.24, 2.45) is 0 Å². The molecule has 1 aromatic heterocycles. The lowest BCUT2D eigenvalue weighted by atomic mass is 9.80. The number of hydrogen-bond acceptors (Lipinski definition) is 2. The average Bonchev–Trinajstić information content (AvgIpc) is 2.73. The molecular formula is C23H16F3NO2. The second-order valence-electron chi connectivity index (χ2n) is 6.75. The van der Waals surface area contributed by atoms with E-state index in [-0.39, 0.29) is 16.5 Å². The fourth-order valence-electron chi connectivity index (χ4n) is 3.57. The third-order valence-electron chi connectivity index (χ3n) is 4.95. The second-order valence-corrected chi connectivity index (χ2v) is 6.75. The van der Waals surface area contributed by atoms with Crippen molar-refractivity contribution >= 4 is 10.9 Å². The van der Waals surface area contributed by atoms with E-state index in [0.717, 1.165) is 0 Å². The van der Waals surface area contributed by atoms with Gasteiger partial charge in [-0.1, -0.05) is 66.7 Å². The molecule has 1 heterocycles. The first-order chi connectivity index (χ1) is 13.8. The summed E-state index contributed by atoms with van der Waals surface area (Å²) in [6.07, 6.45) is -4.71. The first-order valence-corrected chi connectivity index (χ1v) is 8.88. The summed E-state index contributed by atoms with van der Waals surface area (Å²) in [5.41, 5.74) is -2.19. The molecule has 2 N–H and O–H groups in total. The van der Waals surface area contributed by atoms with E-state index in [9.17, 15) is 23.1 Å². The Kier molecular flexibility index (Phi) is 4.51. The number of halogens is 3. The number of benzene rings is 3. The maximum absolute atomic E-state index is 13.6. The molecule has 146 valence electrons. The first kappa shape index (κ1) is 19.0. The van der Waals surface area contributed by atoms with E-state index >= 15 is 0 Å². The highest BCUT2D eigenvalue weighted by Gasteiger charge is 2.36. The van der Waals surface area contributed by atoms with Crippen LogP contribution in [-0.2, 0) is 11.8 Å². The largest absolute Gasteiger partial charge is 0.417 e. The van der Waals surface area contributed by atoms with Crippen LogP contribution in [0.2, 0.25) is 0 Å². The Morgan fingerprint density at radius 3 is 1.79 bits per heavy atom. The number of aliphatic hydroxyl groups is 1. The molecule has 0 saturated carbocycles. The highest BCUT2D eigenvalue weighted by atomic mass is 19.4. The number of aromatic nitrogens is 1. The standard InChI is InChI=1S/C23H16F3NO2/c24-23(25,26)19-14-21(28)27-20-12-11-17(13-18(19)20)22(29,15-7-3-1-4-8-15)16-9-5-2-6-10-16/h1-14,29H,(H,27,28). The molecule has 0 bridgehead atoms. The number of fused-ring (bicyclic) bond motifs is 1. The molecule has 0 atom stereocenters. The second kappa shape index (κ2) is 6.90. The van der Waals surface area contributed by atoms with Crippen LogP contribution in [0.3, 0.4) is 0 Å². The molecule has 0 aliphatic carbocycles. The zero-order valence-corrected chi connectivity index (χ0v) is 15.1. The molecule has 3 nitrogen and oxygen atoms in total. The van der Waals surface area contributed by atoms with Crippen molar-refractivity contribution in [3.63, 3.8) is 0 Å². The number of hydrogen-bond donors (Lipinski definition) is 2. The van der Waals surface area contributed by atoms with Crippen LogP contribution < -0.4 is 5.56 Å². The fraction of sp³-hybridized carbons (Fsp3) is 0.0870. The molecule has 0 amide bonds. The van der Waals surface area contributed by atoms with Crippen LogP contribution in [0.1, 0.15) is 22.3 Å². The molecule has 29 heavy (non-hydrogen) atoms. The third kappa shape index (κ3) is 3.32. The zero-order chi connectivity index (χ0) is 20.6. The van der Waals surface area contributed by atoms with Gasteiger partial charge in [-0.15, -0.1) is 0 Å². The Balaban J connectivity index is 2.04. The molecule has 4 aromatic rings. The van der Waals surface area contributed by atoms with Gasteiger partial charge in [0.05, 0.1) is 5.56 Å². The van der Waals surface area contributed by atoms with Crippen LogP contribution in [0.4, 0.5) is 13.2 Å². The lowest BCUT2D eigenvalue weighted by molar-refractivity contribution is -0.136. The molecule has 4 rings (SSSR count). The van der Waals surface area contributed by atoms with Gasteiger partial charge in [0.1, 0.15) is 5.60 Å². The van der Waals surface area contributed by atoms with Crippen molar-refractivity contribution in [1.29, 1.82) is 0 Å². The maximum atomic E-state index is 13.6. The third-order valence-corrected chi connectivity index (χ3v) is 4.95. The summed E-state index contributed by atoms with van der Waals surface area (Å²) in [6, 6.07) is 22.2. The minimum atomic E-state index is -4.71. The summed E-state index contributed by atoms with van der Waals surface area (Å²) in [4.78, 5) is 14.1. The van der Waals surface area contributed by atoms with Crippen molar-refractivity contribution in [2.45, 2.75) is 11.8 Å². The smallest absolute Gasteiger partial charge is 0.376 e. The molecule has 6 heteroatoms. The van der Waals surface area contributed by atoms with Gasteiger partial charge in [0.15, 0.2) is 0 Å². The monoisotopic (exact) mass is 395 g/mol. The van der Waals surface area contributed by atoms with Crippen LogP contribution >= 0.6 is 0 Å². The van der Waals surface area contributed by atoms with E-state index in [1.807, 2.05) is 0 Å². The number of alkyl halides is 3. The summed E-state index contributed by atoms with van der Waals surface area (Å²) in [6.45, 7) is 0. The van der Waals surface area contributed by atoms with E-state index in [1.165, 1.54) is 18.2 Å². The number of aromatic amines is 1. The van der Waals surface area contributed by atoms with Crippen LogP contribution in [0, 0.1) is 0 Å². The predicted molar refractivity (Wildman–Crippen MR) is 105 cm³/mol. The molecule has 0 radical (unpaired) electrons. The van der Waals surface area contributed by atoms with Crippen LogP contribution in [0.5, 0.6) is 0 Å². The summed E-state index contributed by atoms with van der Waals surface area (Å²) in [5, 5.41) is 11.6. The van der Waals surface area contributed by atoms with E-state index in [2.05, 4.69) is 4.98 Å². The normalized spacial score (nSPS) is 12.3. The van der Waals surface area contributed by atoms with E-state index < -0.39 is 22.9 Å². The SMILES string of the molecule is O=c1cc(C(F)(F)F)c2cc(C(O)(c3ccccc3)c3ccccc3)ccc2[nH]1. The first-order valence-electron chi connectivity index (χ1n) is 8.88. The van der Waals surface area contributed by atoms with Crippen LogP contribution in [0.15, 0.2) is 89.7 Å². The summed E-state index contributed by atoms with van der Waals surface area (Å²) >= 11 is 0. The molecule has 0 spiro atoms. The van der Waals surface area contributed by atoms with Crippen molar-refractivity contribution < 1.29 is 18.3 Å². The van der Waals surface area contributed by atoms with Gasteiger partial charge in [-0.3, -0.25) is 4.79 Å². The van der Waals surface area contributed by atoms with E-state index in [1.54, 1.807) is 60.7 Å². The van der Waals surface area contributed by atoms with Crippen molar-refractivity contribution in [3.05, 3.63) is 118 Å². The fourth-order valence-corrected chi connectivity index (χ4v) is 3.57. The molecule has 0 aliphatic heterocycles. The van der Waals surface area contributed by atoms with Gasteiger partial charge in [-0.25, -0.2) is 0 Å². The van der Waals surface area contributed by atoms with Crippen LogP contribution in [-0.4, -0.2) is 10.1 Å². The molecule has 3 aromatic carbocycles. The quantitative estimate of drug-likeness (QED) is 0.488. The van der Waals surface area contributed by atoms with Crippen molar-refractivity contribution in [2.75, 3.05) is 0 Å². The van der Waals surface area contributed by atoms with Gasteiger partial charge in [0.25, 0.3) is 0 Å². The predicted octanol–water partition coefficient (Wildman–Crippen LogP) is 4.83. The van der Waals surface area contributed by atoms with Gasteiger partial charge < -0.3 is 10.1 Å². The number of rotatable bonds is 3. The van der Waals surface area contributed by atoms with Gasteiger partial charge in [-0.05, 0) is 28.8 Å². The van der Waals surface area contributed by atoms with E-state index in [4.69, 9.17) is 0 Å². The van der Waals surface area contributed by atoms with Gasteiger partial charge in [0.2, 0.25) is 5.56 Å². The Bertz CT molecular complexity index is 1180. The molecule has 0 aliphatic rings. The van der Waals surface area contributed by atoms with Crippen molar-refractivity contribution in [1.82, 2.24) is 4.98 Å². The molecule has 0 saturated heterocycles. The number of nitrogens with one attached hydrogen (secondary N) is 1. The maximum Gasteiger partial charge on any atom is 0.417 e. The van der Waals surface area contributed by atoms with E-state index in [0.29, 0.717) is 17.2 Å². The highest BCUT2D eigenvalue weighted by molar-refractivity contribution is 5.84. The van der Waals surface area contributed by atoms with Gasteiger partial charge in [-0.2, -0.15) is 13.2 Å². The minimum absolute atomic E-state index is 0.0528. The topological polar surface area (TPSA) is 53.1 Å². The van der Waals surface area contributed by atoms with Gasteiger partial charge >= 0.3 is 6.18 Å². The summed E-state index contributed by atoms with van der Waals surface area (Å²) in [7, 11) is 0. The van der Waals surface area contributed by atoms with Crippen LogP contribution in [0.25, 0.3) is 10.9 Å². The summed E-state index contributed by atoms with van der Waals surface area (Å²) in [5.74, 6) is 0. The Morgan fingerprint density at radius 1 is 0.724 bits per heavy atom. The molecule has 0 fully saturated rings. The Morgan fingerprint density at radius 2 is 1.28 bits per heavy atom. The minimum Gasteiger partial charge on any atom is -0.376 e. The Hall–Kier alpha value is -3.38. The average molecular weight is 395 g/mol. The van der Waals surface area contributed by atoms with Crippen molar-refractivity contribution in [3.8, 4) is 0 Å². The number of H-pyrrole nitrogens is 1. The number of pyridine rings is 1. The molecular weight excluding hydrogens is 379 g/mol. The summed E-state index contributed by atoms with van der Waals surface area (Å²) < 4.78 is 40.7. The lowest BCUT2D eigenvalue weighted by Crippen LogP contribution is -2.29. The lowest BCUT2D eigenvalue weighted by Gasteiger charge is -2.30. The highest BCUT2D eigenvalue weighted by Crippen LogP contribution is 2.39. The Labute approximate surface area is 164 Å². The van der Waals surface area contributed by atoms with Gasteiger partial charge in [0, 0.05) is 17.0 Å². The molecule has 0 unspecified atom stereocenters. The zero-order valence-electron chi connectivity index (χ0n) is 15.1.